The Kier molecular flexibility index (Phi) is 6.85. The van der Waals surface area contributed by atoms with Gasteiger partial charge >= 0.3 is 0 Å². The van der Waals surface area contributed by atoms with Gasteiger partial charge in [0.05, 0.1) is 11.9 Å². The highest BCUT2D eigenvalue weighted by Crippen LogP contribution is 2.27. The first-order chi connectivity index (χ1) is 13.1. The van der Waals surface area contributed by atoms with Crippen molar-refractivity contribution in [1.82, 2.24) is 0 Å². The minimum atomic E-state index is -3.67. The number of nitrogens with one attached hydrogen (secondary N) is 1. The highest BCUT2D eigenvalue weighted by atomic mass is 32.2. The second-order valence-electron chi connectivity index (χ2n) is 6.64. The normalized spacial score (nSPS) is 12.1. The Morgan fingerprint density at radius 2 is 1.86 bits per heavy atom. The van der Waals surface area contributed by atoms with Gasteiger partial charge in [0.15, 0.2) is 0 Å². The first kappa shape index (κ1) is 21.5. The number of hydrogen-bond donors (Lipinski definition) is 1. The van der Waals surface area contributed by atoms with Gasteiger partial charge in [-0.2, -0.15) is 0 Å². The van der Waals surface area contributed by atoms with Gasteiger partial charge in [0.2, 0.25) is 15.9 Å². The van der Waals surface area contributed by atoms with E-state index < -0.39 is 22.0 Å². The molecule has 0 aliphatic rings. The fourth-order valence-corrected chi connectivity index (χ4v) is 4.00. The molecule has 0 aromatic heterocycles. The van der Waals surface area contributed by atoms with Crippen molar-refractivity contribution in [3.05, 3.63) is 66.2 Å². The lowest BCUT2D eigenvalue weighted by molar-refractivity contribution is -0.116. The monoisotopic (exact) mass is 402 g/mol. The third kappa shape index (κ3) is 5.36. The van der Waals surface area contributed by atoms with Crippen LogP contribution >= 0.6 is 0 Å². The van der Waals surface area contributed by atoms with Crippen LogP contribution in [-0.2, 0) is 14.8 Å². The average molecular weight is 403 g/mol. The van der Waals surface area contributed by atoms with Crippen LogP contribution in [0.1, 0.15) is 18.1 Å². The molecule has 2 aromatic rings. The van der Waals surface area contributed by atoms with Gasteiger partial charge in [-0.15, -0.1) is 0 Å². The maximum atomic E-state index is 12.8. The Balaban J connectivity index is 2.24. The van der Waals surface area contributed by atoms with Crippen LogP contribution in [-0.4, -0.2) is 33.2 Å². The topological polar surface area (TPSA) is 75.7 Å². The number of anilines is 2. The third-order valence-electron chi connectivity index (χ3n) is 4.18. The van der Waals surface area contributed by atoms with Gasteiger partial charge in [-0.25, -0.2) is 8.42 Å². The lowest BCUT2D eigenvalue weighted by Crippen LogP contribution is -2.45. The number of ether oxygens (including phenoxy) is 1. The number of hydrogen-bond acceptors (Lipinski definition) is 4. The van der Waals surface area contributed by atoms with E-state index in [1.165, 1.54) is 0 Å². The summed E-state index contributed by atoms with van der Waals surface area (Å²) >= 11 is 0. The molecule has 0 spiro atoms. The summed E-state index contributed by atoms with van der Waals surface area (Å²) in [5.74, 6) is 0.227. The molecule has 0 unspecified atom stereocenters. The Hall–Kier alpha value is -2.80. The molecule has 6 nitrogen and oxygen atoms in total. The number of rotatable bonds is 8. The van der Waals surface area contributed by atoms with Crippen molar-refractivity contribution in [3.63, 3.8) is 0 Å². The zero-order valence-electron chi connectivity index (χ0n) is 16.6. The van der Waals surface area contributed by atoms with Gasteiger partial charge in [0, 0.05) is 5.69 Å². The molecule has 28 heavy (non-hydrogen) atoms. The Bertz CT molecular complexity index is 953. The first-order valence-electron chi connectivity index (χ1n) is 8.84. The lowest BCUT2D eigenvalue weighted by atomic mass is 10.1. The van der Waals surface area contributed by atoms with Crippen molar-refractivity contribution in [2.45, 2.75) is 26.8 Å². The molecule has 0 saturated carbocycles. The maximum Gasteiger partial charge on any atom is 0.247 e. The summed E-state index contributed by atoms with van der Waals surface area (Å²) in [5.41, 5.74) is 2.74. The number of benzene rings is 2. The molecule has 0 radical (unpaired) electrons. The van der Waals surface area contributed by atoms with Crippen molar-refractivity contribution in [2.24, 2.45) is 0 Å². The fraction of sp³-hybridized carbons (Fsp3) is 0.286. The van der Waals surface area contributed by atoms with E-state index in [0.717, 1.165) is 21.7 Å². The van der Waals surface area contributed by atoms with Crippen LogP contribution in [0.3, 0.4) is 0 Å². The zero-order valence-corrected chi connectivity index (χ0v) is 17.4. The van der Waals surface area contributed by atoms with E-state index in [4.69, 9.17) is 4.74 Å². The summed E-state index contributed by atoms with van der Waals surface area (Å²) in [5, 5.41) is 2.76. The fourth-order valence-electron chi connectivity index (χ4n) is 2.77. The summed E-state index contributed by atoms with van der Waals surface area (Å²) in [6, 6.07) is 11.4. The quantitative estimate of drug-likeness (QED) is 0.684. The third-order valence-corrected chi connectivity index (χ3v) is 5.41. The number of amides is 1. The van der Waals surface area contributed by atoms with E-state index in [-0.39, 0.29) is 0 Å². The van der Waals surface area contributed by atoms with E-state index in [0.29, 0.717) is 23.7 Å². The van der Waals surface area contributed by atoms with E-state index in [9.17, 15) is 13.2 Å². The average Bonchev–Trinajstić information content (AvgIpc) is 2.63. The molecule has 0 aliphatic heterocycles. The molecule has 150 valence electrons. The van der Waals surface area contributed by atoms with Crippen LogP contribution in [0.2, 0.25) is 0 Å². The Morgan fingerprint density at radius 3 is 2.43 bits per heavy atom. The molecule has 0 aliphatic carbocycles. The number of nitrogens with zero attached hydrogens (tertiary/aromatic N) is 1. The van der Waals surface area contributed by atoms with Crippen LogP contribution in [0, 0.1) is 13.8 Å². The molecule has 2 rings (SSSR count). The van der Waals surface area contributed by atoms with Crippen molar-refractivity contribution in [1.29, 1.82) is 0 Å². The van der Waals surface area contributed by atoms with Crippen LogP contribution in [0.4, 0.5) is 11.4 Å². The Morgan fingerprint density at radius 1 is 1.21 bits per heavy atom. The molecule has 1 amide bonds. The standard InChI is InChI=1S/C21H26N2O4S/c1-6-13-27-19-11-9-18(10-12-19)22-21(24)17(4)23(28(5,25)26)20-14-15(2)7-8-16(20)3/h6-12,14,17H,1,13H2,2-5H3,(H,22,24)/t17-/m0/s1. The first-order valence-corrected chi connectivity index (χ1v) is 10.7. The predicted octanol–water partition coefficient (Wildman–Crippen LogP) is 3.66. The van der Waals surface area contributed by atoms with Gasteiger partial charge in [-0.3, -0.25) is 9.10 Å². The van der Waals surface area contributed by atoms with E-state index >= 15 is 0 Å². The molecular formula is C21H26N2O4S. The van der Waals surface area contributed by atoms with Crippen molar-refractivity contribution in [2.75, 3.05) is 22.5 Å². The molecule has 0 bridgehead atoms. The number of aryl methyl sites for hydroxylation is 2. The van der Waals surface area contributed by atoms with Crippen LogP contribution in [0.5, 0.6) is 5.75 Å². The van der Waals surface area contributed by atoms with Gasteiger partial charge in [-0.1, -0.05) is 24.8 Å². The smallest absolute Gasteiger partial charge is 0.247 e. The lowest BCUT2D eigenvalue weighted by Gasteiger charge is -2.29. The highest BCUT2D eigenvalue weighted by molar-refractivity contribution is 7.92. The number of sulfonamides is 1. The van der Waals surface area contributed by atoms with Crippen LogP contribution < -0.4 is 14.4 Å². The minimum Gasteiger partial charge on any atom is -0.490 e. The second kappa shape index (κ2) is 8.93. The van der Waals surface area contributed by atoms with Crippen LogP contribution in [0.25, 0.3) is 0 Å². The summed E-state index contributed by atoms with van der Waals surface area (Å²) < 4.78 is 31.5. The number of carbonyl (C=O) groups excluding carboxylic acids is 1. The molecule has 2 aromatic carbocycles. The summed E-state index contributed by atoms with van der Waals surface area (Å²) in [6.07, 6.45) is 2.74. The van der Waals surface area contributed by atoms with Gasteiger partial charge in [0.25, 0.3) is 0 Å². The van der Waals surface area contributed by atoms with Crippen molar-refractivity contribution in [3.8, 4) is 5.75 Å². The molecule has 0 fully saturated rings. The molecule has 1 atom stereocenters. The Labute approximate surface area is 166 Å². The molecule has 1 N–H and O–H groups in total. The molecular weight excluding hydrogens is 376 g/mol. The second-order valence-corrected chi connectivity index (χ2v) is 8.50. The van der Waals surface area contributed by atoms with Crippen molar-refractivity contribution >= 4 is 27.3 Å². The van der Waals surface area contributed by atoms with Crippen molar-refractivity contribution < 1.29 is 17.9 Å². The summed E-state index contributed by atoms with van der Waals surface area (Å²) in [6.45, 7) is 9.25. The number of carbonyl (C=O) groups is 1. The molecule has 0 saturated heterocycles. The van der Waals surface area contributed by atoms with Gasteiger partial charge in [0.1, 0.15) is 18.4 Å². The van der Waals surface area contributed by atoms with Gasteiger partial charge < -0.3 is 10.1 Å². The summed E-state index contributed by atoms with van der Waals surface area (Å²) in [4.78, 5) is 12.8. The molecule has 7 heteroatoms. The largest absolute Gasteiger partial charge is 0.490 e. The van der Waals surface area contributed by atoms with Crippen LogP contribution in [0.15, 0.2) is 55.1 Å². The minimum absolute atomic E-state index is 0.391. The predicted molar refractivity (Wildman–Crippen MR) is 113 cm³/mol. The highest BCUT2D eigenvalue weighted by Gasteiger charge is 2.30. The SMILES string of the molecule is C=CCOc1ccc(NC(=O)[C@H](C)N(c2cc(C)ccc2C)S(C)(=O)=O)cc1. The van der Waals surface area contributed by atoms with Gasteiger partial charge in [-0.05, 0) is 62.2 Å². The van der Waals surface area contributed by atoms with E-state index in [2.05, 4.69) is 11.9 Å². The summed E-state index contributed by atoms with van der Waals surface area (Å²) in [7, 11) is -3.67. The van der Waals surface area contributed by atoms with E-state index in [1.54, 1.807) is 43.3 Å². The maximum absolute atomic E-state index is 12.8. The zero-order chi connectivity index (χ0) is 20.9. The molecule has 0 heterocycles. The van der Waals surface area contributed by atoms with E-state index in [1.807, 2.05) is 26.0 Å².